The van der Waals surface area contributed by atoms with E-state index >= 15 is 0 Å². The van der Waals surface area contributed by atoms with E-state index in [1.807, 2.05) is 18.2 Å². The monoisotopic (exact) mass is 165 g/mol. The fourth-order valence-corrected chi connectivity index (χ4v) is 0.950. The molecule has 0 aromatic heterocycles. The van der Waals surface area contributed by atoms with Gasteiger partial charge in [-0.05, 0) is 6.07 Å². The molecule has 0 atom stereocenters. The van der Waals surface area contributed by atoms with Crippen molar-refractivity contribution >= 4 is 7.69 Å². The minimum absolute atomic E-state index is 0.476. The van der Waals surface area contributed by atoms with Gasteiger partial charge in [0.05, 0.1) is 6.61 Å². The zero-order chi connectivity index (χ0) is 8.81. The van der Waals surface area contributed by atoms with Gasteiger partial charge in [0.1, 0.15) is 5.75 Å². The average molecular weight is 165 g/mol. The van der Waals surface area contributed by atoms with Gasteiger partial charge in [-0.15, -0.1) is 0 Å². The lowest BCUT2D eigenvalue weighted by Gasteiger charge is -2.07. The van der Waals surface area contributed by atoms with Crippen LogP contribution in [-0.4, -0.2) is 19.8 Å². The van der Waals surface area contributed by atoms with Gasteiger partial charge < -0.3 is 14.4 Å². The molecule has 0 aliphatic heterocycles. The van der Waals surface area contributed by atoms with Crippen LogP contribution in [-0.2, 0) is 11.3 Å². The van der Waals surface area contributed by atoms with Gasteiger partial charge >= 0.3 is 7.69 Å². The summed E-state index contributed by atoms with van der Waals surface area (Å²) in [7, 11) is 2.27. The first kappa shape index (κ1) is 9.10. The smallest absolute Gasteiger partial charge is 0.537 e. The molecule has 0 spiro atoms. The molecule has 0 aliphatic carbocycles. The van der Waals surface area contributed by atoms with Gasteiger partial charge in [-0.1, -0.05) is 18.2 Å². The topological polar surface area (TPSA) is 38.7 Å². The molecule has 0 heterocycles. The summed E-state index contributed by atoms with van der Waals surface area (Å²) in [6.45, 7) is 0.476. The molecule has 1 rings (SSSR count). The molecular formula is C8H10BO3. The van der Waals surface area contributed by atoms with E-state index in [9.17, 15) is 0 Å². The van der Waals surface area contributed by atoms with Crippen molar-refractivity contribution in [3.63, 3.8) is 0 Å². The highest BCUT2D eigenvalue weighted by atomic mass is 16.5. The Bertz CT molecular complexity index is 214. The molecular weight excluding hydrogens is 155 g/mol. The minimum Gasteiger partial charge on any atom is -0.537 e. The number of rotatable bonds is 4. The van der Waals surface area contributed by atoms with Crippen LogP contribution in [0.25, 0.3) is 0 Å². The van der Waals surface area contributed by atoms with Gasteiger partial charge in [0.25, 0.3) is 0 Å². The highest BCUT2D eigenvalue weighted by molar-refractivity contribution is 6.17. The van der Waals surface area contributed by atoms with E-state index in [0.29, 0.717) is 20.0 Å². The summed E-state index contributed by atoms with van der Waals surface area (Å²) in [4.78, 5) is 0. The Labute approximate surface area is 72.2 Å². The van der Waals surface area contributed by atoms with Crippen molar-refractivity contribution in [2.24, 2.45) is 0 Å². The summed E-state index contributed by atoms with van der Waals surface area (Å²) in [5.41, 5.74) is 0.908. The van der Waals surface area contributed by atoms with Crippen LogP contribution in [0.1, 0.15) is 5.56 Å². The lowest BCUT2D eigenvalue weighted by Crippen LogP contribution is -2.02. The zero-order valence-corrected chi connectivity index (χ0v) is 6.86. The number of hydrogen-bond donors (Lipinski definition) is 1. The van der Waals surface area contributed by atoms with Crippen LogP contribution in [0.5, 0.6) is 5.75 Å². The maximum Gasteiger partial charge on any atom is 0.569 e. The van der Waals surface area contributed by atoms with Crippen molar-refractivity contribution in [2.75, 3.05) is 7.11 Å². The number of ether oxygens (including phenoxy) is 1. The Balaban J connectivity index is 2.77. The van der Waals surface area contributed by atoms with Gasteiger partial charge in [-0.3, -0.25) is 0 Å². The number of hydrogen-bond acceptors (Lipinski definition) is 3. The highest BCUT2D eigenvalue weighted by Crippen LogP contribution is 2.17. The Morgan fingerprint density at radius 3 is 2.83 bits per heavy atom. The molecule has 1 N–H and O–H groups in total. The summed E-state index contributed by atoms with van der Waals surface area (Å²) in [5, 5.41) is 8.42. The van der Waals surface area contributed by atoms with E-state index in [0.717, 1.165) is 5.56 Å². The van der Waals surface area contributed by atoms with Crippen LogP contribution in [0.4, 0.5) is 0 Å². The van der Waals surface area contributed by atoms with Crippen LogP contribution in [0.3, 0.4) is 0 Å². The first-order valence-corrected chi connectivity index (χ1v) is 3.58. The molecule has 0 fully saturated rings. The van der Waals surface area contributed by atoms with Gasteiger partial charge in [0.2, 0.25) is 0 Å². The molecule has 0 saturated carbocycles. The fraction of sp³-hybridized carbons (Fsp3) is 0.250. The van der Waals surface area contributed by atoms with E-state index in [2.05, 4.69) is 0 Å². The van der Waals surface area contributed by atoms with E-state index in [1.165, 1.54) is 0 Å². The molecule has 0 aliphatic rings. The van der Waals surface area contributed by atoms with E-state index in [4.69, 9.17) is 14.4 Å². The predicted molar refractivity (Wildman–Crippen MR) is 45.8 cm³/mol. The molecule has 0 saturated heterocycles. The Kier molecular flexibility index (Phi) is 3.64. The first-order chi connectivity index (χ1) is 5.88. The molecule has 3 nitrogen and oxygen atoms in total. The van der Waals surface area contributed by atoms with Crippen molar-refractivity contribution in [3.05, 3.63) is 29.8 Å². The predicted octanol–water partition coefficient (Wildman–Crippen LogP) is 0.738. The van der Waals surface area contributed by atoms with Crippen molar-refractivity contribution in [1.29, 1.82) is 0 Å². The molecule has 1 aromatic carbocycles. The second-order valence-corrected chi connectivity index (χ2v) is 2.26. The molecule has 0 unspecified atom stereocenters. The third-order valence-electron chi connectivity index (χ3n) is 1.45. The lowest BCUT2D eigenvalue weighted by molar-refractivity contribution is 0.183. The van der Waals surface area contributed by atoms with Crippen molar-refractivity contribution < 1.29 is 14.4 Å². The number of para-hydroxylation sites is 1. The van der Waals surface area contributed by atoms with E-state index in [1.54, 1.807) is 13.2 Å². The molecule has 0 bridgehead atoms. The molecule has 63 valence electrons. The Morgan fingerprint density at radius 1 is 1.42 bits per heavy atom. The summed E-state index contributed by atoms with van der Waals surface area (Å²) in [6, 6.07) is 7.36. The molecule has 1 radical (unpaired) electrons. The average Bonchev–Trinajstić information content (AvgIpc) is 2.09. The van der Waals surface area contributed by atoms with Crippen LogP contribution in [0, 0.1) is 0 Å². The summed E-state index contributed by atoms with van der Waals surface area (Å²) < 4.78 is 9.78. The van der Waals surface area contributed by atoms with Crippen LogP contribution < -0.4 is 4.65 Å². The summed E-state index contributed by atoms with van der Waals surface area (Å²) in [6.07, 6.45) is 0. The summed E-state index contributed by atoms with van der Waals surface area (Å²) >= 11 is 0. The number of benzene rings is 1. The zero-order valence-electron chi connectivity index (χ0n) is 6.86. The molecule has 0 amide bonds. The standard InChI is InChI=1S/C8H10BO3/c1-11-6-7-4-2-3-5-8(7)12-9-10/h2-5,10H,6H2,1H3. The van der Waals surface area contributed by atoms with Crippen molar-refractivity contribution in [1.82, 2.24) is 0 Å². The Morgan fingerprint density at radius 2 is 2.17 bits per heavy atom. The fourth-order valence-electron chi connectivity index (χ4n) is 0.950. The van der Waals surface area contributed by atoms with Gasteiger partial charge in [0.15, 0.2) is 0 Å². The second-order valence-electron chi connectivity index (χ2n) is 2.26. The van der Waals surface area contributed by atoms with Gasteiger partial charge in [-0.2, -0.15) is 0 Å². The van der Waals surface area contributed by atoms with E-state index < -0.39 is 0 Å². The van der Waals surface area contributed by atoms with Crippen LogP contribution in [0.2, 0.25) is 0 Å². The molecule has 1 aromatic rings. The lowest BCUT2D eigenvalue weighted by atomic mass is 10.2. The second kappa shape index (κ2) is 4.80. The van der Waals surface area contributed by atoms with Crippen LogP contribution in [0.15, 0.2) is 24.3 Å². The summed E-state index contributed by atoms with van der Waals surface area (Å²) in [5.74, 6) is 0.613. The van der Waals surface area contributed by atoms with Crippen molar-refractivity contribution in [2.45, 2.75) is 6.61 Å². The molecule has 4 heteroatoms. The third-order valence-corrected chi connectivity index (χ3v) is 1.45. The maximum absolute atomic E-state index is 8.42. The third kappa shape index (κ3) is 2.25. The maximum atomic E-state index is 8.42. The minimum atomic E-state index is 0.476. The number of methoxy groups -OCH3 is 1. The SMILES string of the molecule is COCc1ccccc1O[B]O. The van der Waals surface area contributed by atoms with Gasteiger partial charge in [-0.25, -0.2) is 0 Å². The van der Waals surface area contributed by atoms with Gasteiger partial charge in [0, 0.05) is 12.7 Å². The van der Waals surface area contributed by atoms with Crippen LogP contribution >= 0.6 is 0 Å². The normalized spacial score (nSPS) is 9.50. The Hall–Kier alpha value is -0.995. The first-order valence-electron chi connectivity index (χ1n) is 3.58. The largest absolute Gasteiger partial charge is 0.569 e. The quantitative estimate of drug-likeness (QED) is 0.668. The van der Waals surface area contributed by atoms with E-state index in [-0.39, 0.29) is 0 Å². The van der Waals surface area contributed by atoms with Crippen molar-refractivity contribution in [3.8, 4) is 5.75 Å². The highest BCUT2D eigenvalue weighted by Gasteiger charge is 2.01. The molecule has 12 heavy (non-hydrogen) atoms.